The molecule has 3 nitrogen and oxygen atoms in total. The van der Waals surface area contributed by atoms with Crippen LogP contribution in [0.5, 0.6) is 0 Å². The van der Waals surface area contributed by atoms with Gasteiger partial charge < -0.3 is 10.1 Å². The van der Waals surface area contributed by atoms with Crippen LogP contribution in [0.2, 0.25) is 0 Å². The Hall–Kier alpha value is -1.35. The van der Waals surface area contributed by atoms with Crippen molar-refractivity contribution in [3.8, 4) is 0 Å². The molecule has 1 aromatic rings. The Labute approximate surface area is 128 Å². The molecule has 2 bridgehead atoms. The number of benzene rings is 1. The largest absolute Gasteiger partial charge is 0.469 e. The lowest BCUT2D eigenvalue weighted by molar-refractivity contribution is -0.148. The molecule has 0 spiro atoms. The van der Waals surface area contributed by atoms with Gasteiger partial charge in [0.2, 0.25) is 0 Å². The van der Waals surface area contributed by atoms with Gasteiger partial charge in [0.25, 0.3) is 0 Å². The average Bonchev–Trinajstić information content (AvgIpc) is 2.88. The molecule has 2 aliphatic rings. The first-order valence-corrected chi connectivity index (χ1v) is 7.65. The predicted molar refractivity (Wildman–Crippen MR) is 85.4 cm³/mol. The summed E-state index contributed by atoms with van der Waals surface area (Å²) in [5, 5.41) is 3.58. The van der Waals surface area contributed by atoms with Gasteiger partial charge >= 0.3 is 5.97 Å². The van der Waals surface area contributed by atoms with Gasteiger partial charge in [0.15, 0.2) is 0 Å². The summed E-state index contributed by atoms with van der Waals surface area (Å²) in [7, 11) is 1.50. The number of ether oxygens (including phenoxy) is 1. The molecule has 21 heavy (non-hydrogen) atoms. The van der Waals surface area contributed by atoms with E-state index in [1.165, 1.54) is 24.7 Å². The Morgan fingerprint density at radius 3 is 2.62 bits per heavy atom. The highest BCUT2D eigenvalue weighted by Crippen LogP contribution is 2.42. The molecule has 2 unspecified atom stereocenters. The van der Waals surface area contributed by atoms with Gasteiger partial charge in [-0.05, 0) is 36.8 Å². The summed E-state index contributed by atoms with van der Waals surface area (Å²) >= 11 is 0. The SMILES string of the molecule is C.CCc1ccc([C@H]2C[C@H]3CCC(N3)C2C(=O)OC)cc1. The topological polar surface area (TPSA) is 38.3 Å². The van der Waals surface area contributed by atoms with E-state index in [2.05, 4.69) is 36.5 Å². The first-order chi connectivity index (χ1) is 9.72. The van der Waals surface area contributed by atoms with Crippen molar-refractivity contribution in [2.45, 2.75) is 58.0 Å². The molecule has 1 aromatic carbocycles. The van der Waals surface area contributed by atoms with Crippen molar-refractivity contribution >= 4 is 5.97 Å². The second-order valence-corrected chi connectivity index (χ2v) is 6.03. The molecule has 2 aliphatic heterocycles. The summed E-state index contributed by atoms with van der Waals surface area (Å²) in [5.41, 5.74) is 2.64. The van der Waals surface area contributed by atoms with Crippen LogP contribution in [0.25, 0.3) is 0 Å². The van der Waals surface area contributed by atoms with Gasteiger partial charge in [-0.3, -0.25) is 4.79 Å². The predicted octanol–water partition coefficient (Wildman–Crippen LogP) is 3.28. The van der Waals surface area contributed by atoms with Crippen LogP contribution >= 0.6 is 0 Å². The highest BCUT2D eigenvalue weighted by Gasteiger charge is 2.46. The average molecular weight is 289 g/mol. The highest BCUT2D eigenvalue weighted by atomic mass is 16.5. The zero-order valence-electron chi connectivity index (χ0n) is 12.3. The molecule has 2 saturated heterocycles. The van der Waals surface area contributed by atoms with Crippen molar-refractivity contribution < 1.29 is 9.53 Å². The smallest absolute Gasteiger partial charge is 0.310 e. The third kappa shape index (κ3) is 2.98. The van der Waals surface area contributed by atoms with E-state index < -0.39 is 0 Å². The van der Waals surface area contributed by atoms with E-state index in [-0.39, 0.29) is 25.4 Å². The summed E-state index contributed by atoms with van der Waals surface area (Å²) < 4.78 is 5.06. The fraction of sp³-hybridized carbons (Fsp3) is 0.611. The minimum absolute atomic E-state index is 0. The van der Waals surface area contributed by atoms with Gasteiger partial charge in [-0.25, -0.2) is 0 Å². The molecular weight excluding hydrogens is 262 g/mol. The van der Waals surface area contributed by atoms with Gasteiger partial charge in [0, 0.05) is 18.0 Å². The number of aryl methyl sites for hydroxylation is 1. The van der Waals surface area contributed by atoms with E-state index in [4.69, 9.17) is 4.74 Å². The highest BCUT2D eigenvalue weighted by molar-refractivity contribution is 5.75. The summed E-state index contributed by atoms with van der Waals surface area (Å²) in [6.45, 7) is 2.16. The fourth-order valence-electron chi connectivity index (χ4n) is 3.86. The Kier molecular flexibility index (Phi) is 5.04. The molecule has 2 heterocycles. The second kappa shape index (κ2) is 6.61. The Morgan fingerprint density at radius 1 is 1.29 bits per heavy atom. The Morgan fingerprint density at radius 2 is 2.00 bits per heavy atom. The van der Waals surface area contributed by atoms with Crippen LogP contribution in [0.3, 0.4) is 0 Å². The number of hydrogen-bond donors (Lipinski definition) is 1. The molecule has 0 aliphatic carbocycles. The van der Waals surface area contributed by atoms with Crippen LogP contribution in [-0.2, 0) is 16.0 Å². The van der Waals surface area contributed by atoms with Crippen LogP contribution < -0.4 is 5.32 Å². The molecule has 4 atom stereocenters. The van der Waals surface area contributed by atoms with E-state index >= 15 is 0 Å². The number of esters is 1. The monoisotopic (exact) mass is 289 g/mol. The molecule has 0 amide bonds. The maximum atomic E-state index is 12.2. The summed E-state index contributed by atoms with van der Waals surface area (Å²) in [6.07, 6.45) is 4.37. The minimum atomic E-state index is -0.0626. The quantitative estimate of drug-likeness (QED) is 0.868. The summed E-state index contributed by atoms with van der Waals surface area (Å²) in [5.74, 6) is 0.200. The van der Waals surface area contributed by atoms with Gasteiger partial charge in [-0.2, -0.15) is 0 Å². The molecule has 3 rings (SSSR count). The van der Waals surface area contributed by atoms with Gasteiger partial charge in [0.1, 0.15) is 0 Å². The molecule has 0 aromatic heterocycles. The Balaban J connectivity index is 0.00000161. The molecule has 3 heteroatoms. The zero-order valence-corrected chi connectivity index (χ0v) is 12.3. The zero-order chi connectivity index (χ0) is 14.1. The van der Waals surface area contributed by atoms with Crippen molar-refractivity contribution in [3.05, 3.63) is 35.4 Å². The number of fused-ring (bicyclic) bond motifs is 2. The third-order valence-electron chi connectivity index (χ3n) is 4.97. The van der Waals surface area contributed by atoms with Crippen molar-refractivity contribution in [2.75, 3.05) is 7.11 Å². The molecule has 116 valence electrons. The number of hydrogen-bond acceptors (Lipinski definition) is 3. The molecular formula is C18H27NO2. The number of rotatable bonds is 3. The number of methoxy groups -OCH3 is 1. The lowest BCUT2D eigenvalue weighted by Gasteiger charge is -2.36. The maximum absolute atomic E-state index is 12.2. The van der Waals surface area contributed by atoms with Crippen LogP contribution in [0.1, 0.15) is 50.7 Å². The first kappa shape index (κ1) is 16.0. The van der Waals surface area contributed by atoms with Gasteiger partial charge in [-0.15, -0.1) is 0 Å². The lowest BCUT2D eigenvalue weighted by atomic mass is 9.77. The number of carbonyl (C=O) groups excluding carboxylic acids is 1. The van der Waals surface area contributed by atoms with Crippen molar-refractivity contribution in [2.24, 2.45) is 5.92 Å². The Bertz CT molecular complexity index is 482. The molecule has 0 saturated carbocycles. The van der Waals surface area contributed by atoms with Crippen LogP contribution in [0.4, 0.5) is 0 Å². The molecule has 0 radical (unpaired) electrons. The van der Waals surface area contributed by atoms with E-state index in [9.17, 15) is 4.79 Å². The van der Waals surface area contributed by atoms with Gasteiger partial charge in [-0.1, -0.05) is 38.6 Å². The molecule has 2 fully saturated rings. The number of nitrogens with one attached hydrogen (secondary N) is 1. The standard InChI is InChI=1S/C17H23NO2.CH4/c1-3-11-4-6-12(7-5-11)14-10-13-8-9-15(18-13)16(14)17(19)20-2;/h4-7,13-16,18H,3,8-10H2,1-2H3;1H4/t13-,14-,15?,16?;/m1./s1. The lowest BCUT2D eigenvalue weighted by Crippen LogP contribution is -2.48. The third-order valence-corrected chi connectivity index (χ3v) is 4.97. The summed E-state index contributed by atoms with van der Waals surface area (Å²) in [4.78, 5) is 12.2. The first-order valence-electron chi connectivity index (χ1n) is 7.65. The maximum Gasteiger partial charge on any atom is 0.310 e. The number of piperidine rings is 1. The minimum Gasteiger partial charge on any atom is -0.469 e. The fourth-order valence-corrected chi connectivity index (χ4v) is 3.86. The van der Waals surface area contributed by atoms with Crippen LogP contribution in [0, 0.1) is 5.92 Å². The normalized spacial score (nSPS) is 30.6. The van der Waals surface area contributed by atoms with Crippen LogP contribution in [-0.4, -0.2) is 25.2 Å². The second-order valence-electron chi connectivity index (χ2n) is 6.03. The van der Waals surface area contributed by atoms with Crippen molar-refractivity contribution in [3.63, 3.8) is 0 Å². The molecule has 1 N–H and O–H groups in total. The van der Waals surface area contributed by atoms with E-state index in [0.717, 1.165) is 19.3 Å². The van der Waals surface area contributed by atoms with Crippen LogP contribution in [0.15, 0.2) is 24.3 Å². The van der Waals surface area contributed by atoms with Crippen molar-refractivity contribution in [1.29, 1.82) is 0 Å². The van der Waals surface area contributed by atoms with E-state index in [1.54, 1.807) is 0 Å². The van der Waals surface area contributed by atoms with Crippen molar-refractivity contribution in [1.82, 2.24) is 5.32 Å². The number of carbonyl (C=O) groups is 1. The van der Waals surface area contributed by atoms with E-state index in [0.29, 0.717) is 12.0 Å². The summed E-state index contributed by atoms with van der Waals surface area (Å²) in [6, 6.07) is 9.63. The van der Waals surface area contributed by atoms with Gasteiger partial charge in [0.05, 0.1) is 13.0 Å². The van der Waals surface area contributed by atoms with E-state index in [1.807, 2.05) is 0 Å².